The molecule has 3 atom stereocenters. The van der Waals surface area contributed by atoms with Crippen LogP contribution in [0.1, 0.15) is 43.7 Å². The zero-order chi connectivity index (χ0) is 14.9. The molecule has 1 amide bonds. The Morgan fingerprint density at radius 3 is 3.14 bits per heavy atom. The molecule has 21 heavy (non-hydrogen) atoms. The maximum atomic E-state index is 12.9. The molecule has 1 saturated heterocycles. The summed E-state index contributed by atoms with van der Waals surface area (Å²) in [6.45, 7) is 3.85. The molecule has 1 aliphatic heterocycles. The van der Waals surface area contributed by atoms with Gasteiger partial charge in [0, 0.05) is 23.7 Å². The first-order valence-corrected chi connectivity index (χ1v) is 8.54. The molecule has 3 rings (SSSR count). The summed E-state index contributed by atoms with van der Waals surface area (Å²) in [5.74, 6) is 0.144. The Hall–Kier alpha value is -0.980. The van der Waals surface area contributed by atoms with Crippen LogP contribution in [0, 0.1) is 5.92 Å². The third kappa shape index (κ3) is 3.12. The van der Waals surface area contributed by atoms with E-state index in [1.807, 2.05) is 17.2 Å². The molecule has 2 fully saturated rings. The van der Waals surface area contributed by atoms with Crippen LogP contribution in [0.25, 0.3) is 0 Å². The maximum Gasteiger partial charge on any atom is 0.227 e. The van der Waals surface area contributed by atoms with Gasteiger partial charge in [0.2, 0.25) is 5.91 Å². The van der Waals surface area contributed by atoms with E-state index in [2.05, 4.69) is 4.98 Å². The molecule has 1 aromatic heterocycles. The Labute approximate surface area is 129 Å². The van der Waals surface area contributed by atoms with Crippen LogP contribution in [0.5, 0.6) is 0 Å². The van der Waals surface area contributed by atoms with Crippen LogP contribution in [0.3, 0.4) is 0 Å². The van der Waals surface area contributed by atoms with Crippen molar-refractivity contribution in [3.8, 4) is 0 Å². The van der Waals surface area contributed by atoms with E-state index in [1.54, 1.807) is 17.5 Å². The summed E-state index contributed by atoms with van der Waals surface area (Å²) in [6.07, 6.45) is 5.76. The minimum Gasteiger partial charge on any atom is -0.367 e. The Bertz CT molecular complexity index is 489. The van der Waals surface area contributed by atoms with Crippen LogP contribution >= 0.6 is 11.3 Å². The largest absolute Gasteiger partial charge is 0.367 e. The smallest absolute Gasteiger partial charge is 0.227 e. The van der Waals surface area contributed by atoms with Gasteiger partial charge in [-0.1, -0.05) is 12.8 Å². The number of thiazole rings is 1. The molecule has 3 unspecified atom stereocenters. The normalized spacial score (nSPS) is 33.9. The summed E-state index contributed by atoms with van der Waals surface area (Å²) in [7, 11) is 0. The summed E-state index contributed by atoms with van der Waals surface area (Å²) >= 11 is 1.58. The topological polar surface area (TPSA) is 68.5 Å². The van der Waals surface area contributed by atoms with Crippen molar-refractivity contribution in [3.63, 3.8) is 0 Å². The number of carbonyl (C=O) groups is 1. The van der Waals surface area contributed by atoms with Gasteiger partial charge in [0.05, 0.1) is 19.1 Å². The average Bonchev–Trinajstić information content (AvgIpc) is 3.00. The Kier molecular flexibility index (Phi) is 4.28. The van der Waals surface area contributed by atoms with Crippen molar-refractivity contribution in [1.29, 1.82) is 0 Å². The molecule has 1 aliphatic carbocycles. The van der Waals surface area contributed by atoms with Gasteiger partial charge < -0.3 is 15.4 Å². The van der Waals surface area contributed by atoms with Gasteiger partial charge in [-0.3, -0.25) is 4.79 Å². The molecular weight excluding hydrogens is 286 g/mol. The number of carbonyl (C=O) groups excluding carboxylic acids is 1. The fraction of sp³-hybridized carbons (Fsp3) is 0.733. The molecule has 6 heteroatoms. The van der Waals surface area contributed by atoms with Crippen LogP contribution < -0.4 is 5.73 Å². The van der Waals surface area contributed by atoms with Gasteiger partial charge in [-0.05, 0) is 19.8 Å². The second kappa shape index (κ2) is 6.02. The molecule has 0 aromatic carbocycles. The van der Waals surface area contributed by atoms with Gasteiger partial charge in [0.25, 0.3) is 0 Å². The fourth-order valence-corrected chi connectivity index (χ4v) is 4.05. The monoisotopic (exact) mass is 309 g/mol. The second-order valence-corrected chi connectivity index (χ2v) is 7.24. The molecule has 5 nitrogen and oxygen atoms in total. The van der Waals surface area contributed by atoms with Crippen molar-refractivity contribution >= 4 is 17.2 Å². The quantitative estimate of drug-likeness (QED) is 0.906. The van der Waals surface area contributed by atoms with Crippen molar-refractivity contribution in [2.24, 2.45) is 11.7 Å². The van der Waals surface area contributed by atoms with E-state index in [4.69, 9.17) is 10.5 Å². The number of hydrogen-bond acceptors (Lipinski definition) is 5. The number of rotatable bonds is 2. The SMILES string of the molecule is CC1(N)CCCCC1C(=O)N1CCOC(c2nccs2)C1. The average molecular weight is 309 g/mol. The van der Waals surface area contributed by atoms with Gasteiger partial charge >= 0.3 is 0 Å². The Morgan fingerprint density at radius 1 is 1.57 bits per heavy atom. The number of ether oxygens (including phenoxy) is 1. The predicted molar refractivity (Wildman–Crippen MR) is 81.9 cm³/mol. The number of aromatic nitrogens is 1. The highest BCUT2D eigenvalue weighted by atomic mass is 32.1. The van der Waals surface area contributed by atoms with E-state index in [0.29, 0.717) is 19.7 Å². The molecule has 2 heterocycles. The third-order valence-electron chi connectivity index (χ3n) is 4.66. The molecule has 116 valence electrons. The van der Waals surface area contributed by atoms with Crippen molar-refractivity contribution in [3.05, 3.63) is 16.6 Å². The van der Waals surface area contributed by atoms with Gasteiger partial charge in [-0.25, -0.2) is 4.98 Å². The lowest BCUT2D eigenvalue weighted by Crippen LogP contribution is -2.55. The highest BCUT2D eigenvalue weighted by Gasteiger charge is 2.41. The second-order valence-electron chi connectivity index (χ2n) is 6.32. The number of amides is 1. The molecule has 0 bridgehead atoms. The first-order valence-electron chi connectivity index (χ1n) is 7.66. The van der Waals surface area contributed by atoms with Crippen LogP contribution in [0.2, 0.25) is 0 Å². The highest BCUT2D eigenvalue weighted by molar-refractivity contribution is 7.09. The molecule has 2 aliphatic rings. The van der Waals surface area contributed by atoms with Crippen molar-refractivity contribution in [2.75, 3.05) is 19.7 Å². The molecule has 0 spiro atoms. The van der Waals surface area contributed by atoms with Gasteiger partial charge in [-0.2, -0.15) is 0 Å². The third-order valence-corrected chi connectivity index (χ3v) is 5.52. The minimum absolute atomic E-state index is 0.0544. The van der Waals surface area contributed by atoms with Crippen LogP contribution in [-0.4, -0.2) is 41.0 Å². The van der Waals surface area contributed by atoms with Crippen LogP contribution in [0.15, 0.2) is 11.6 Å². The van der Waals surface area contributed by atoms with E-state index >= 15 is 0 Å². The number of nitrogens with zero attached hydrogens (tertiary/aromatic N) is 2. The standard InChI is InChI=1S/C15H23N3O2S/c1-15(16)5-3-2-4-11(15)14(19)18-7-8-20-12(10-18)13-17-6-9-21-13/h6,9,11-12H,2-5,7-8,10,16H2,1H3. The van der Waals surface area contributed by atoms with Crippen LogP contribution in [0.4, 0.5) is 0 Å². The van der Waals surface area contributed by atoms with Crippen LogP contribution in [-0.2, 0) is 9.53 Å². The summed E-state index contributed by atoms with van der Waals surface area (Å²) in [4.78, 5) is 19.1. The summed E-state index contributed by atoms with van der Waals surface area (Å²) in [6, 6.07) is 0. The van der Waals surface area contributed by atoms with E-state index in [-0.39, 0.29) is 23.5 Å². The van der Waals surface area contributed by atoms with E-state index in [9.17, 15) is 4.79 Å². The first-order chi connectivity index (χ1) is 10.1. The zero-order valence-corrected chi connectivity index (χ0v) is 13.3. The fourth-order valence-electron chi connectivity index (χ4n) is 3.38. The van der Waals surface area contributed by atoms with Crippen molar-refractivity contribution < 1.29 is 9.53 Å². The number of morpholine rings is 1. The summed E-state index contributed by atoms with van der Waals surface area (Å²) < 4.78 is 5.76. The zero-order valence-electron chi connectivity index (χ0n) is 12.5. The van der Waals surface area contributed by atoms with E-state index in [1.165, 1.54) is 0 Å². The van der Waals surface area contributed by atoms with Crippen molar-refractivity contribution in [2.45, 2.75) is 44.2 Å². The molecule has 2 N–H and O–H groups in total. The number of hydrogen-bond donors (Lipinski definition) is 1. The maximum absolute atomic E-state index is 12.9. The van der Waals surface area contributed by atoms with Crippen molar-refractivity contribution in [1.82, 2.24) is 9.88 Å². The molecular formula is C15H23N3O2S. The van der Waals surface area contributed by atoms with Gasteiger partial charge in [0.15, 0.2) is 0 Å². The number of nitrogens with two attached hydrogens (primary N) is 1. The van der Waals surface area contributed by atoms with Gasteiger partial charge in [0.1, 0.15) is 11.1 Å². The minimum atomic E-state index is -0.371. The highest BCUT2D eigenvalue weighted by Crippen LogP contribution is 2.34. The molecule has 1 saturated carbocycles. The predicted octanol–water partition coefficient (Wildman–Crippen LogP) is 1.95. The first kappa shape index (κ1) is 14.9. The lowest BCUT2D eigenvalue weighted by atomic mass is 9.74. The molecule has 1 aromatic rings. The Morgan fingerprint density at radius 2 is 2.43 bits per heavy atom. The Balaban J connectivity index is 1.69. The molecule has 0 radical (unpaired) electrons. The lowest BCUT2D eigenvalue weighted by molar-refractivity contribution is -0.146. The summed E-state index contributed by atoms with van der Waals surface area (Å²) in [5, 5.41) is 2.89. The van der Waals surface area contributed by atoms with E-state index < -0.39 is 0 Å². The lowest BCUT2D eigenvalue weighted by Gasteiger charge is -2.41. The van der Waals surface area contributed by atoms with Gasteiger partial charge in [-0.15, -0.1) is 11.3 Å². The summed E-state index contributed by atoms with van der Waals surface area (Å²) in [5.41, 5.74) is 6.00. The van der Waals surface area contributed by atoms with E-state index in [0.717, 1.165) is 30.7 Å².